The summed E-state index contributed by atoms with van der Waals surface area (Å²) in [5.74, 6) is 0.561. The lowest BCUT2D eigenvalue weighted by Gasteiger charge is -2.11. The minimum Gasteiger partial charge on any atom is -0.494 e. The molecule has 24 heavy (non-hydrogen) atoms. The van der Waals surface area contributed by atoms with Crippen LogP contribution in [0.25, 0.3) is 10.2 Å². The van der Waals surface area contributed by atoms with Gasteiger partial charge in [-0.15, -0.1) is 0 Å². The Morgan fingerprint density at radius 3 is 2.75 bits per heavy atom. The predicted molar refractivity (Wildman–Crippen MR) is 95.5 cm³/mol. The van der Waals surface area contributed by atoms with E-state index in [1.807, 2.05) is 55.5 Å². The molecule has 0 atom stereocenters. The van der Waals surface area contributed by atoms with Gasteiger partial charge in [0.2, 0.25) is 5.91 Å². The number of amides is 1. The second-order valence-corrected chi connectivity index (χ2v) is 6.23. The molecule has 0 saturated carbocycles. The standard InChI is InChI=1S/C18H18N2O3S/c1-2-23-15-9-5-3-7-13(15)11-19-17(21)12-20-14-8-4-6-10-16(14)24-18(20)22/h3-10H,2,11-12H2,1H3,(H,19,21). The smallest absolute Gasteiger partial charge is 0.308 e. The Hall–Kier alpha value is -2.60. The van der Waals surface area contributed by atoms with Crippen molar-refractivity contribution < 1.29 is 9.53 Å². The lowest BCUT2D eigenvalue weighted by molar-refractivity contribution is -0.121. The minimum absolute atomic E-state index is 0.0135. The maximum absolute atomic E-state index is 12.2. The second-order valence-electron chi connectivity index (χ2n) is 5.24. The highest BCUT2D eigenvalue weighted by molar-refractivity contribution is 7.16. The van der Waals surface area contributed by atoms with Crippen LogP contribution >= 0.6 is 11.3 Å². The lowest BCUT2D eigenvalue weighted by atomic mass is 10.2. The maximum atomic E-state index is 12.2. The van der Waals surface area contributed by atoms with E-state index in [1.165, 1.54) is 4.57 Å². The van der Waals surface area contributed by atoms with Crippen LogP contribution in [0, 0.1) is 0 Å². The van der Waals surface area contributed by atoms with Gasteiger partial charge in [-0.3, -0.25) is 14.2 Å². The van der Waals surface area contributed by atoms with Crippen molar-refractivity contribution in [1.82, 2.24) is 9.88 Å². The maximum Gasteiger partial charge on any atom is 0.308 e. The number of carbonyl (C=O) groups is 1. The van der Waals surface area contributed by atoms with E-state index in [9.17, 15) is 9.59 Å². The number of ether oxygens (including phenoxy) is 1. The Labute approximate surface area is 143 Å². The molecule has 3 rings (SSSR count). The number of carbonyl (C=O) groups excluding carboxylic acids is 1. The zero-order chi connectivity index (χ0) is 16.9. The summed E-state index contributed by atoms with van der Waals surface area (Å²) < 4.78 is 7.94. The van der Waals surface area contributed by atoms with Gasteiger partial charge in [0, 0.05) is 12.1 Å². The predicted octanol–water partition coefficient (Wildman–Crippen LogP) is 2.78. The van der Waals surface area contributed by atoms with Crippen molar-refractivity contribution in [3.05, 3.63) is 63.8 Å². The van der Waals surface area contributed by atoms with Crippen molar-refractivity contribution in [3.63, 3.8) is 0 Å². The number of benzene rings is 2. The molecule has 5 nitrogen and oxygen atoms in total. The molecular formula is C18H18N2O3S. The van der Waals surface area contributed by atoms with Gasteiger partial charge in [0.1, 0.15) is 12.3 Å². The molecule has 0 unspecified atom stereocenters. The van der Waals surface area contributed by atoms with Crippen LogP contribution in [0.3, 0.4) is 0 Å². The van der Waals surface area contributed by atoms with Gasteiger partial charge in [-0.1, -0.05) is 41.7 Å². The van der Waals surface area contributed by atoms with Crippen LogP contribution in [-0.2, 0) is 17.9 Å². The average Bonchev–Trinajstić information content (AvgIpc) is 2.90. The van der Waals surface area contributed by atoms with Crippen LogP contribution in [0.4, 0.5) is 0 Å². The van der Waals surface area contributed by atoms with E-state index in [2.05, 4.69) is 5.32 Å². The fraction of sp³-hybridized carbons (Fsp3) is 0.222. The summed E-state index contributed by atoms with van der Waals surface area (Å²) in [7, 11) is 0. The van der Waals surface area contributed by atoms with Crippen LogP contribution in [-0.4, -0.2) is 17.1 Å². The zero-order valence-electron chi connectivity index (χ0n) is 13.3. The second kappa shape index (κ2) is 7.31. The number of para-hydroxylation sites is 2. The monoisotopic (exact) mass is 342 g/mol. The molecule has 1 heterocycles. The molecule has 0 fully saturated rings. The highest BCUT2D eigenvalue weighted by Crippen LogP contribution is 2.18. The summed E-state index contributed by atoms with van der Waals surface area (Å²) in [5.41, 5.74) is 1.70. The first-order valence-corrected chi connectivity index (χ1v) is 8.56. The molecule has 1 amide bonds. The summed E-state index contributed by atoms with van der Waals surface area (Å²) in [6.45, 7) is 2.87. The highest BCUT2D eigenvalue weighted by Gasteiger charge is 2.11. The fourth-order valence-corrected chi connectivity index (χ4v) is 3.39. The van der Waals surface area contributed by atoms with E-state index < -0.39 is 0 Å². The summed E-state index contributed by atoms with van der Waals surface area (Å²) in [4.78, 5) is 24.2. The Morgan fingerprint density at radius 1 is 1.17 bits per heavy atom. The fourth-order valence-electron chi connectivity index (χ4n) is 2.50. The summed E-state index contributed by atoms with van der Waals surface area (Å²) in [5, 5.41) is 2.85. The molecule has 6 heteroatoms. The first-order chi connectivity index (χ1) is 11.7. The number of hydrogen-bond acceptors (Lipinski definition) is 4. The largest absolute Gasteiger partial charge is 0.494 e. The van der Waals surface area contributed by atoms with Crippen molar-refractivity contribution in [2.75, 3.05) is 6.61 Å². The molecule has 2 aromatic carbocycles. The molecule has 0 aliphatic heterocycles. The molecule has 3 aromatic rings. The van der Waals surface area contributed by atoms with Gasteiger partial charge < -0.3 is 10.1 Å². The van der Waals surface area contributed by atoms with Crippen LogP contribution in [0.5, 0.6) is 5.75 Å². The number of nitrogens with one attached hydrogen (secondary N) is 1. The van der Waals surface area contributed by atoms with Gasteiger partial charge in [0.05, 0.1) is 16.8 Å². The van der Waals surface area contributed by atoms with Gasteiger partial charge in [0.15, 0.2) is 0 Å². The quantitative estimate of drug-likeness (QED) is 0.749. The van der Waals surface area contributed by atoms with Crippen LogP contribution in [0.2, 0.25) is 0 Å². The SMILES string of the molecule is CCOc1ccccc1CNC(=O)Cn1c(=O)sc2ccccc21. The van der Waals surface area contributed by atoms with Crippen molar-refractivity contribution >= 4 is 27.5 Å². The molecule has 0 aliphatic rings. The molecule has 0 radical (unpaired) electrons. The Kier molecular flexibility index (Phi) is 4.96. The summed E-state index contributed by atoms with van der Waals surface area (Å²) >= 11 is 1.15. The average molecular weight is 342 g/mol. The molecule has 1 aromatic heterocycles. The molecule has 0 aliphatic carbocycles. The van der Waals surface area contributed by atoms with E-state index in [0.717, 1.165) is 32.9 Å². The molecule has 124 valence electrons. The van der Waals surface area contributed by atoms with E-state index in [0.29, 0.717) is 13.2 Å². The normalized spacial score (nSPS) is 10.7. The Morgan fingerprint density at radius 2 is 1.92 bits per heavy atom. The van der Waals surface area contributed by atoms with Crippen LogP contribution in [0.15, 0.2) is 53.3 Å². The Bertz CT molecular complexity index is 914. The van der Waals surface area contributed by atoms with Crippen molar-refractivity contribution in [2.24, 2.45) is 0 Å². The van der Waals surface area contributed by atoms with Gasteiger partial charge in [0.25, 0.3) is 0 Å². The number of aromatic nitrogens is 1. The first-order valence-electron chi connectivity index (χ1n) is 7.75. The highest BCUT2D eigenvalue weighted by atomic mass is 32.1. The van der Waals surface area contributed by atoms with Gasteiger partial charge in [-0.25, -0.2) is 0 Å². The van der Waals surface area contributed by atoms with Gasteiger partial charge in [-0.05, 0) is 25.1 Å². The summed E-state index contributed by atoms with van der Waals surface area (Å²) in [6.07, 6.45) is 0. The van der Waals surface area contributed by atoms with Crippen molar-refractivity contribution in [2.45, 2.75) is 20.0 Å². The molecule has 0 bridgehead atoms. The number of hydrogen-bond donors (Lipinski definition) is 1. The molecule has 0 saturated heterocycles. The first kappa shape index (κ1) is 16.3. The lowest BCUT2D eigenvalue weighted by Crippen LogP contribution is -2.30. The van der Waals surface area contributed by atoms with E-state index in [-0.39, 0.29) is 17.3 Å². The topological polar surface area (TPSA) is 60.3 Å². The van der Waals surface area contributed by atoms with Gasteiger partial charge in [-0.2, -0.15) is 0 Å². The minimum atomic E-state index is -0.202. The third-order valence-corrected chi connectivity index (χ3v) is 4.58. The number of rotatable bonds is 6. The Balaban J connectivity index is 1.70. The number of nitrogens with zero attached hydrogens (tertiary/aromatic N) is 1. The van der Waals surface area contributed by atoms with E-state index in [4.69, 9.17) is 4.74 Å². The van der Waals surface area contributed by atoms with Crippen molar-refractivity contribution in [1.29, 1.82) is 0 Å². The summed E-state index contributed by atoms with van der Waals surface area (Å²) in [6, 6.07) is 15.1. The van der Waals surface area contributed by atoms with E-state index >= 15 is 0 Å². The number of thiazole rings is 1. The zero-order valence-corrected chi connectivity index (χ0v) is 14.1. The number of fused-ring (bicyclic) bond motifs is 1. The molecule has 0 spiro atoms. The molecule has 1 N–H and O–H groups in total. The van der Waals surface area contributed by atoms with Gasteiger partial charge >= 0.3 is 4.87 Å². The molecular weight excluding hydrogens is 324 g/mol. The third kappa shape index (κ3) is 3.49. The van der Waals surface area contributed by atoms with Crippen LogP contribution < -0.4 is 14.9 Å². The van der Waals surface area contributed by atoms with E-state index in [1.54, 1.807) is 0 Å². The van der Waals surface area contributed by atoms with Crippen LogP contribution in [0.1, 0.15) is 12.5 Å². The third-order valence-electron chi connectivity index (χ3n) is 3.62. The van der Waals surface area contributed by atoms with Crippen molar-refractivity contribution in [3.8, 4) is 5.75 Å².